The average Bonchev–Trinajstić information content (AvgIpc) is 3.21. The van der Waals surface area contributed by atoms with Crippen molar-refractivity contribution in [3.05, 3.63) is 70.2 Å². The molecule has 1 spiro atoms. The number of amides is 2. The molecule has 1 saturated carbocycles. The molecule has 3 fully saturated rings. The lowest BCUT2D eigenvalue weighted by atomic mass is 9.61. The van der Waals surface area contributed by atoms with Gasteiger partial charge in [0.2, 0.25) is 5.91 Å². The third-order valence-electron chi connectivity index (χ3n) is 8.51. The summed E-state index contributed by atoms with van der Waals surface area (Å²) in [5.41, 5.74) is -0.0873. The predicted octanol–water partition coefficient (Wildman–Crippen LogP) is 6.27. The van der Waals surface area contributed by atoms with Crippen LogP contribution in [0.5, 0.6) is 0 Å². The van der Waals surface area contributed by atoms with Crippen LogP contribution in [0.1, 0.15) is 66.4 Å². The number of alkyl halides is 3. The lowest BCUT2D eigenvalue weighted by Gasteiger charge is -2.53. The summed E-state index contributed by atoms with van der Waals surface area (Å²) in [5.74, 6) is 0.00796. The molecule has 8 heteroatoms. The second kappa shape index (κ2) is 9.73. The van der Waals surface area contributed by atoms with Crippen molar-refractivity contribution in [2.75, 3.05) is 6.54 Å². The third-order valence-corrected chi connectivity index (χ3v) is 8.84. The zero-order valence-corrected chi connectivity index (χ0v) is 20.7. The van der Waals surface area contributed by atoms with Crippen molar-refractivity contribution in [3.63, 3.8) is 0 Å². The zero-order chi connectivity index (χ0) is 25.5. The first-order valence-electron chi connectivity index (χ1n) is 12.7. The summed E-state index contributed by atoms with van der Waals surface area (Å²) in [6.45, 7) is 0.787. The molecule has 0 radical (unpaired) electrons. The van der Waals surface area contributed by atoms with Gasteiger partial charge in [0, 0.05) is 30.1 Å². The van der Waals surface area contributed by atoms with Gasteiger partial charge >= 0.3 is 6.18 Å². The van der Waals surface area contributed by atoms with Gasteiger partial charge in [-0.1, -0.05) is 41.9 Å². The van der Waals surface area contributed by atoms with Crippen LogP contribution in [0.2, 0.25) is 5.02 Å². The molecule has 0 unspecified atom stereocenters. The van der Waals surface area contributed by atoms with E-state index in [-0.39, 0.29) is 34.9 Å². The Morgan fingerprint density at radius 3 is 2.61 bits per heavy atom. The summed E-state index contributed by atoms with van der Waals surface area (Å²) in [7, 11) is 0. The second-order valence-electron chi connectivity index (χ2n) is 10.4. The molecule has 5 rings (SSSR count). The SMILES string of the molecule is O=C(N[C@H]1CC[C@@]23CCCN2C(=O)CCC[C@H]3[C@H]1Cc1ccccc1)c1ccc(Cl)c(C(F)(F)F)c1. The van der Waals surface area contributed by atoms with Crippen LogP contribution in [0.25, 0.3) is 0 Å². The molecule has 2 aliphatic heterocycles. The van der Waals surface area contributed by atoms with Crippen LogP contribution >= 0.6 is 11.6 Å². The van der Waals surface area contributed by atoms with Crippen LogP contribution in [0.4, 0.5) is 13.2 Å². The molecule has 192 valence electrons. The zero-order valence-electron chi connectivity index (χ0n) is 20.0. The van der Waals surface area contributed by atoms with Gasteiger partial charge in [0.05, 0.1) is 10.6 Å². The van der Waals surface area contributed by atoms with Gasteiger partial charge in [0.1, 0.15) is 0 Å². The minimum absolute atomic E-state index is 0.0518. The highest BCUT2D eigenvalue weighted by Gasteiger charge is 2.56. The van der Waals surface area contributed by atoms with E-state index in [1.54, 1.807) is 0 Å². The minimum atomic E-state index is -4.64. The Labute approximate surface area is 214 Å². The van der Waals surface area contributed by atoms with Gasteiger partial charge in [-0.2, -0.15) is 13.2 Å². The Balaban J connectivity index is 1.46. The smallest absolute Gasteiger partial charge is 0.349 e. The van der Waals surface area contributed by atoms with Gasteiger partial charge in [0.15, 0.2) is 0 Å². The number of carbonyl (C=O) groups is 2. The molecular formula is C28H30ClF3N2O2. The first kappa shape index (κ1) is 25.1. The summed E-state index contributed by atoms with van der Waals surface area (Å²) >= 11 is 5.76. The summed E-state index contributed by atoms with van der Waals surface area (Å²) < 4.78 is 40.2. The lowest BCUT2D eigenvalue weighted by molar-refractivity contribution is -0.139. The maximum absolute atomic E-state index is 13.4. The number of benzene rings is 2. The molecule has 4 nitrogen and oxygen atoms in total. The Morgan fingerprint density at radius 1 is 1.08 bits per heavy atom. The van der Waals surface area contributed by atoms with Crippen molar-refractivity contribution in [1.82, 2.24) is 10.2 Å². The maximum atomic E-state index is 13.4. The molecule has 36 heavy (non-hydrogen) atoms. The summed E-state index contributed by atoms with van der Waals surface area (Å²) in [6, 6.07) is 13.2. The number of carbonyl (C=O) groups excluding carboxylic acids is 2. The number of hydrogen-bond donors (Lipinski definition) is 1. The number of hydrogen-bond acceptors (Lipinski definition) is 2. The average molecular weight is 519 g/mol. The summed E-state index contributed by atoms with van der Waals surface area (Å²) in [5, 5.41) is 2.67. The van der Waals surface area contributed by atoms with Crippen molar-refractivity contribution >= 4 is 23.4 Å². The number of rotatable bonds is 4. The van der Waals surface area contributed by atoms with Crippen molar-refractivity contribution in [3.8, 4) is 0 Å². The molecule has 1 N–H and O–H groups in total. The molecule has 4 atom stereocenters. The van der Waals surface area contributed by atoms with Crippen LogP contribution in [-0.2, 0) is 17.4 Å². The molecule has 0 aromatic heterocycles. The molecule has 1 aliphatic carbocycles. The first-order chi connectivity index (χ1) is 17.2. The lowest BCUT2D eigenvalue weighted by Crippen LogP contribution is -2.60. The van der Waals surface area contributed by atoms with E-state index in [0.717, 1.165) is 62.8 Å². The summed E-state index contributed by atoms with van der Waals surface area (Å²) in [6.07, 6.45) is 1.83. The van der Waals surface area contributed by atoms with Crippen LogP contribution < -0.4 is 5.32 Å². The topological polar surface area (TPSA) is 49.4 Å². The van der Waals surface area contributed by atoms with E-state index in [1.807, 2.05) is 18.2 Å². The Bertz CT molecular complexity index is 1140. The van der Waals surface area contributed by atoms with E-state index in [9.17, 15) is 22.8 Å². The molecule has 2 saturated heterocycles. The highest BCUT2D eigenvalue weighted by Crippen LogP contribution is 2.52. The van der Waals surface area contributed by atoms with Crippen LogP contribution in [0.3, 0.4) is 0 Å². The number of halogens is 4. The van der Waals surface area contributed by atoms with Crippen molar-refractivity contribution in [2.45, 2.75) is 69.1 Å². The number of nitrogens with zero attached hydrogens (tertiary/aromatic N) is 1. The predicted molar refractivity (Wildman–Crippen MR) is 132 cm³/mol. The van der Waals surface area contributed by atoms with Crippen LogP contribution in [0.15, 0.2) is 48.5 Å². The van der Waals surface area contributed by atoms with Crippen LogP contribution in [0, 0.1) is 11.8 Å². The molecule has 3 aliphatic rings. The normalized spacial score (nSPS) is 28.3. The molecule has 2 amide bonds. The summed E-state index contributed by atoms with van der Waals surface area (Å²) in [4.78, 5) is 28.3. The minimum Gasteiger partial charge on any atom is -0.349 e. The monoisotopic (exact) mass is 518 g/mol. The van der Waals surface area contributed by atoms with Gasteiger partial charge in [-0.15, -0.1) is 0 Å². The Morgan fingerprint density at radius 2 is 1.86 bits per heavy atom. The van der Waals surface area contributed by atoms with E-state index in [2.05, 4.69) is 22.3 Å². The van der Waals surface area contributed by atoms with Crippen molar-refractivity contribution in [1.29, 1.82) is 0 Å². The van der Waals surface area contributed by atoms with E-state index in [1.165, 1.54) is 6.07 Å². The third kappa shape index (κ3) is 4.62. The van der Waals surface area contributed by atoms with Gasteiger partial charge in [-0.25, -0.2) is 0 Å². The van der Waals surface area contributed by atoms with Gasteiger partial charge in [-0.3, -0.25) is 9.59 Å². The van der Waals surface area contributed by atoms with Gasteiger partial charge in [-0.05, 0) is 80.5 Å². The fraction of sp³-hybridized carbons (Fsp3) is 0.500. The molecule has 2 heterocycles. The fourth-order valence-corrected chi connectivity index (χ4v) is 7.20. The largest absolute Gasteiger partial charge is 0.417 e. The van der Waals surface area contributed by atoms with E-state index >= 15 is 0 Å². The van der Waals surface area contributed by atoms with E-state index in [4.69, 9.17) is 11.6 Å². The number of nitrogens with one attached hydrogen (secondary N) is 1. The fourth-order valence-electron chi connectivity index (χ4n) is 6.98. The van der Waals surface area contributed by atoms with E-state index < -0.39 is 22.7 Å². The van der Waals surface area contributed by atoms with Gasteiger partial charge < -0.3 is 10.2 Å². The van der Waals surface area contributed by atoms with E-state index in [0.29, 0.717) is 12.8 Å². The maximum Gasteiger partial charge on any atom is 0.417 e. The second-order valence-corrected chi connectivity index (χ2v) is 10.8. The molecule has 2 aromatic carbocycles. The highest BCUT2D eigenvalue weighted by molar-refractivity contribution is 6.31. The van der Waals surface area contributed by atoms with Crippen LogP contribution in [-0.4, -0.2) is 34.8 Å². The van der Waals surface area contributed by atoms with Crippen molar-refractivity contribution < 1.29 is 22.8 Å². The molecule has 0 bridgehead atoms. The molecule has 2 aromatic rings. The molecular weight excluding hydrogens is 489 g/mol. The van der Waals surface area contributed by atoms with Gasteiger partial charge in [0.25, 0.3) is 5.91 Å². The van der Waals surface area contributed by atoms with Crippen molar-refractivity contribution in [2.24, 2.45) is 11.8 Å². The standard InChI is InChI=1S/C28H30ClF3N2O2/c29-23-11-10-19(17-22(23)28(30,31)32)26(36)33-24-12-14-27-13-5-15-34(27)25(35)9-4-8-21(27)20(24)16-18-6-2-1-3-7-18/h1-3,6-7,10-11,17,20-21,24H,4-5,8-9,12-16H2,(H,33,36)/t20-,21+,24+,27-/m1/s1. The Kier molecular flexibility index (Phi) is 6.79. The Hall–Kier alpha value is -2.54. The quantitative estimate of drug-likeness (QED) is 0.518. The highest BCUT2D eigenvalue weighted by atomic mass is 35.5. The first-order valence-corrected chi connectivity index (χ1v) is 13.1.